The first-order valence-corrected chi connectivity index (χ1v) is 8.67. The number of hydrazone groups is 1. The maximum atomic E-state index is 12.3. The van der Waals surface area contributed by atoms with Gasteiger partial charge in [-0.05, 0) is 24.3 Å². The Labute approximate surface area is 164 Å². The van der Waals surface area contributed by atoms with Gasteiger partial charge in [0.1, 0.15) is 22.8 Å². The Hall–Kier alpha value is -3.00. The standard InChI is InChI=1S/C19H17BrN2O5/c1-24-13-8-16(25-2)14(17(9-13)26-3)10-21-22-19(23)18-7-11-6-12(20)4-5-15(11)27-18/h4-10H,1-3H3,(H,22,23). The van der Waals surface area contributed by atoms with Crippen molar-refractivity contribution in [1.82, 2.24) is 5.43 Å². The van der Waals surface area contributed by atoms with Gasteiger partial charge in [-0.2, -0.15) is 5.10 Å². The monoisotopic (exact) mass is 432 g/mol. The van der Waals surface area contributed by atoms with Gasteiger partial charge in [-0.1, -0.05) is 15.9 Å². The van der Waals surface area contributed by atoms with E-state index in [1.54, 1.807) is 31.4 Å². The van der Waals surface area contributed by atoms with Gasteiger partial charge in [0.05, 0.1) is 33.1 Å². The summed E-state index contributed by atoms with van der Waals surface area (Å²) in [5.74, 6) is 1.27. The van der Waals surface area contributed by atoms with Gasteiger partial charge in [-0.3, -0.25) is 4.79 Å². The van der Waals surface area contributed by atoms with Crippen molar-refractivity contribution in [3.05, 3.63) is 52.2 Å². The highest BCUT2D eigenvalue weighted by Crippen LogP contribution is 2.32. The van der Waals surface area contributed by atoms with Gasteiger partial charge in [0.2, 0.25) is 0 Å². The number of furan rings is 1. The van der Waals surface area contributed by atoms with Gasteiger partial charge in [-0.15, -0.1) is 0 Å². The van der Waals surface area contributed by atoms with Gasteiger partial charge in [0.25, 0.3) is 0 Å². The van der Waals surface area contributed by atoms with E-state index in [0.29, 0.717) is 28.4 Å². The molecule has 1 N–H and O–H groups in total. The van der Waals surface area contributed by atoms with E-state index in [4.69, 9.17) is 18.6 Å². The molecule has 0 unspecified atom stereocenters. The van der Waals surface area contributed by atoms with Crippen LogP contribution in [0.25, 0.3) is 11.0 Å². The molecule has 27 heavy (non-hydrogen) atoms. The highest BCUT2D eigenvalue weighted by atomic mass is 79.9. The second kappa shape index (κ2) is 8.13. The minimum atomic E-state index is -0.468. The molecule has 0 aliphatic rings. The predicted molar refractivity (Wildman–Crippen MR) is 105 cm³/mol. The number of carbonyl (C=O) groups is 1. The molecule has 0 bridgehead atoms. The zero-order valence-corrected chi connectivity index (χ0v) is 16.5. The third-order valence-electron chi connectivity index (χ3n) is 3.82. The van der Waals surface area contributed by atoms with Gasteiger partial charge >= 0.3 is 5.91 Å². The number of ether oxygens (including phenoxy) is 3. The molecular formula is C19H17BrN2O5. The Kier molecular flexibility index (Phi) is 5.66. The quantitative estimate of drug-likeness (QED) is 0.470. The molecule has 0 radical (unpaired) electrons. The number of fused-ring (bicyclic) bond motifs is 1. The molecule has 0 aliphatic heterocycles. The number of hydrogen-bond acceptors (Lipinski definition) is 6. The summed E-state index contributed by atoms with van der Waals surface area (Å²) in [6.07, 6.45) is 1.44. The Bertz CT molecular complexity index is 987. The molecule has 3 rings (SSSR count). The summed E-state index contributed by atoms with van der Waals surface area (Å²) < 4.78 is 22.3. The van der Waals surface area contributed by atoms with Gasteiger partial charge in [0.15, 0.2) is 5.76 Å². The SMILES string of the molecule is COc1cc(OC)c(C=NNC(=O)c2cc3cc(Br)ccc3o2)c(OC)c1. The summed E-state index contributed by atoms with van der Waals surface area (Å²) >= 11 is 3.39. The molecule has 1 amide bonds. The smallest absolute Gasteiger partial charge is 0.307 e. The van der Waals surface area contributed by atoms with E-state index in [-0.39, 0.29) is 5.76 Å². The molecule has 0 saturated heterocycles. The average molecular weight is 433 g/mol. The van der Waals surface area contributed by atoms with E-state index in [9.17, 15) is 4.79 Å². The number of rotatable bonds is 6. The Morgan fingerprint density at radius 2 is 1.78 bits per heavy atom. The van der Waals surface area contributed by atoms with Crippen LogP contribution in [0.2, 0.25) is 0 Å². The van der Waals surface area contributed by atoms with Crippen molar-refractivity contribution in [2.45, 2.75) is 0 Å². The normalized spacial score (nSPS) is 11.0. The zero-order chi connectivity index (χ0) is 19.4. The molecular weight excluding hydrogens is 416 g/mol. The predicted octanol–water partition coefficient (Wildman–Crippen LogP) is 3.99. The zero-order valence-electron chi connectivity index (χ0n) is 14.9. The van der Waals surface area contributed by atoms with E-state index in [0.717, 1.165) is 9.86 Å². The number of nitrogens with one attached hydrogen (secondary N) is 1. The third-order valence-corrected chi connectivity index (χ3v) is 4.31. The summed E-state index contributed by atoms with van der Waals surface area (Å²) in [6, 6.07) is 10.5. The minimum Gasteiger partial charge on any atom is -0.496 e. The summed E-state index contributed by atoms with van der Waals surface area (Å²) in [6.45, 7) is 0. The fourth-order valence-electron chi connectivity index (χ4n) is 2.50. The van der Waals surface area contributed by atoms with Crippen molar-refractivity contribution >= 4 is 39.0 Å². The molecule has 8 heteroatoms. The lowest BCUT2D eigenvalue weighted by molar-refractivity contribution is 0.0929. The summed E-state index contributed by atoms with van der Waals surface area (Å²) in [5.41, 5.74) is 3.62. The van der Waals surface area contributed by atoms with Crippen molar-refractivity contribution in [1.29, 1.82) is 0 Å². The van der Waals surface area contributed by atoms with Crippen LogP contribution in [0.5, 0.6) is 17.2 Å². The van der Waals surface area contributed by atoms with Crippen LogP contribution >= 0.6 is 15.9 Å². The van der Waals surface area contributed by atoms with Crippen LogP contribution in [-0.4, -0.2) is 33.5 Å². The topological polar surface area (TPSA) is 82.3 Å². The van der Waals surface area contributed by atoms with E-state index in [1.165, 1.54) is 20.4 Å². The molecule has 140 valence electrons. The van der Waals surface area contributed by atoms with Crippen LogP contribution in [0.3, 0.4) is 0 Å². The first-order valence-electron chi connectivity index (χ1n) is 7.88. The molecule has 0 saturated carbocycles. The summed E-state index contributed by atoms with van der Waals surface area (Å²) in [4.78, 5) is 12.3. The Morgan fingerprint density at radius 1 is 1.07 bits per heavy atom. The lowest BCUT2D eigenvalue weighted by Gasteiger charge is -2.12. The maximum Gasteiger partial charge on any atom is 0.307 e. The van der Waals surface area contributed by atoms with Crippen molar-refractivity contribution in [2.24, 2.45) is 5.10 Å². The molecule has 0 spiro atoms. The first-order chi connectivity index (χ1) is 13.0. The molecule has 0 atom stereocenters. The van der Waals surface area contributed by atoms with E-state index >= 15 is 0 Å². The Morgan fingerprint density at radius 3 is 2.41 bits per heavy atom. The van der Waals surface area contributed by atoms with Crippen LogP contribution in [0.15, 0.2) is 50.4 Å². The number of benzene rings is 2. The maximum absolute atomic E-state index is 12.3. The van der Waals surface area contributed by atoms with Crippen molar-refractivity contribution in [3.63, 3.8) is 0 Å². The molecule has 3 aromatic rings. The largest absolute Gasteiger partial charge is 0.496 e. The summed E-state index contributed by atoms with van der Waals surface area (Å²) in [7, 11) is 4.60. The minimum absolute atomic E-state index is 0.161. The summed E-state index contributed by atoms with van der Waals surface area (Å²) in [5, 5.41) is 4.80. The number of methoxy groups -OCH3 is 3. The van der Waals surface area contributed by atoms with Crippen molar-refractivity contribution < 1.29 is 23.4 Å². The van der Waals surface area contributed by atoms with E-state index in [2.05, 4.69) is 26.5 Å². The molecule has 0 aliphatic carbocycles. The third kappa shape index (κ3) is 4.06. The fourth-order valence-corrected chi connectivity index (χ4v) is 2.88. The molecule has 1 aromatic heterocycles. The van der Waals surface area contributed by atoms with Crippen molar-refractivity contribution in [3.8, 4) is 17.2 Å². The molecule has 0 fully saturated rings. The van der Waals surface area contributed by atoms with Crippen LogP contribution in [0.1, 0.15) is 16.1 Å². The number of nitrogens with zero attached hydrogens (tertiary/aromatic N) is 1. The first kappa shape index (κ1) is 18.8. The fraction of sp³-hybridized carbons (Fsp3) is 0.158. The lowest BCUT2D eigenvalue weighted by Crippen LogP contribution is -2.16. The van der Waals surface area contributed by atoms with Crippen LogP contribution in [0.4, 0.5) is 0 Å². The molecule has 1 heterocycles. The van der Waals surface area contributed by atoms with Crippen molar-refractivity contribution in [2.75, 3.05) is 21.3 Å². The molecule has 7 nitrogen and oxygen atoms in total. The van der Waals surface area contributed by atoms with E-state index < -0.39 is 5.91 Å². The van der Waals surface area contributed by atoms with Crippen LogP contribution in [-0.2, 0) is 0 Å². The number of amides is 1. The number of hydrogen-bond donors (Lipinski definition) is 1. The second-order valence-corrected chi connectivity index (χ2v) is 6.35. The van der Waals surface area contributed by atoms with E-state index in [1.807, 2.05) is 12.1 Å². The lowest BCUT2D eigenvalue weighted by atomic mass is 10.2. The molecule has 2 aromatic carbocycles. The van der Waals surface area contributed by atoms with Crippen LogP contribution in [0, 0.1) is 0 Å². The highest BCUT2D eigenvalue weighted by molar-refractivity contribution is 9.10. The van der Waals surface area contributed by atoms with Gasteiger partial charge < -0.3 is 18.6 Å². The second-order valence-electron chi connectivity index (χ2n) is 5.44. The van der Waals surface area contributed by atoms with Gasteiger partial charge in [0, 0.05) is 22.0 Å². The highest BCUT2D eigenvalue weighted by Gasteiger charge is 2.14. The number of carbonyl (C=O) groups excluding carboxylic acids is 1. The number of halogens is 1. The van der Waals surface area contributed by atoms with Crippen LogP contribution < -0.4 is 19.6 Å². The average Bonchev–Trinajstić information content (AvgIpc) is 3.10. The van der Waals surface area contributed by atoms with Gasteiger partial charge in [-0.25, -0.2) is 5.43 Å². The Balaban J connectivity index is 1.81.